The topological polar surface area (TPSA) is 146 Å². The van der Waals surface area contributed by atoms with Crippen LogP contribution in [0.25, 0.3) is 11.6 Å². The minimum Gasteiger partial charge on any atom is -0.493 e. The summed E-state index contributed by atoms with van der Waals surface area (Å²) in [6.07, 6.45) is 2.86. The van der Waals surface area contributed by atoms with Crippen LogP contribution in [0.2, 0.25) is 0 Å². The number of benzene rings is 2. The van der Waals surface area contributed by atoms with Gasteiger partial charge in [-0.3, -0.25) is 4.72 Å². The third-order valence-electron chi connectivity index (χ3n) is 5.27. The molecule has 0 aliphatic heterocycles. The number of methoxy groups -OCH3 is 1. The van der Waals surface area contributed by atoms with Crippen LogP contribution in [0.15, 0.2) is 71.9 Å². The van der Waals surface area contributed by atoms with Crippen molar-refractivity contribution in [3.8, 4) is 34.8 Å². The first kappa shape index (κ1) is 22.7. The average Bonchev–Trinajstić information content (AvgIpc) is 2.92. The van der Waals surface area contributed by atoms with Crippen LogP contribution in [0.4, 0.5) is 5.82 Å². The van der Waals surface area contributed by atoms with Crippen molar-refractivity contribution in [2.75, 3.05) is 25.0 Å². The van der Waals surface area contributed by atoms with E-state index in [1.165, 1.54) is 48.8 Å². The number of nitrogens with zero attached hydrogens (tertiary/aromatic N) is 4. The Morgan fingerprint density at radius 3 is 2.41 bits per heavy atom. The molecular weight excluding hydrogens is 522 g/mol. The van der Waals surface area contributed by atoms with Gasteiger partial charge >= 0.3 is 0 Å². The number of rotatable bonds is 10. The van der Waals surface area contributed by atoms with Gasteiger partial charge in [-0.2, -0.15) is 4.98 Å². The van der Waals surface area contributed by atoms with Crippen molar-refractivity contribution in [2.45, 2.75) is 31.1 Å². The summed E-state index contributed by atoms with van der Waals surface area (Å²) < 4.78 is 77.2. The Labute approximate surface area is 232 Å². The molecule has 4 aromatic rings. The van der Waals surface area contributed by atoms with Gasteiger partial charge in [-0.1, -0.05) is 45.0 Å². The van der Waals surface area contributed by atoms with Crippen LogP contribution in [-0.2, 0) is 15.4 Å². The van der Waals surface area contributed by atoms with Gasteiger partial charge in [0.05, 0.1) is 24.0 Å². The first-order chi connectivity index (χ1) is 20.2. The van der Waals surface area contributed by atoms with Crippen molar-refractivity contribution < 1.29 is 33.2 Å². The lowest BCUT2D eigenvalue weighted by Gasteiger charge is -2.20. The first-order valence-corrected chi connectivity index (χ1v) is 13.2. The van der Waals surface area contributed by atoms with Crippen LogP contribution >= 0.6 is 0 Å². The fourth-order valence-corrected chi connectivity index (χ4v) is 4.27. The Balaban J connectivity index is 1.89. The Morgan fingerprint density at radius 1 is 1.00 bits per heavy atom. The van der Waals surface area contributed by atoms with Crippen molar-refractivity contribution in [2.24, 2.45) is 0 Å². The van der Waals surface area contributed by atoms with Crippen molar-refractivity contribution in [3.63, 3.8) is 0 Å². The molecule has 204 valence electrons. The smallest absolute Gasteiger partial charge is 0.263 e. The summed E-state index contributed by atoms with van der Waals surface area (Å²) in [5, 5.41) is 9.43. The van der Waals surface area contributed by atoms with Gasteiger partial charge in [-0.05, 0) is 41.3 Å². The highest BCUT2D eigenvalue weighted by atomic mass is 32.2. The van der Waals surface area contributed by atoms with E-state index in [9.17, 15) is 13.5 Å². The lowest BCUT2D eigenvalue weighted by Crippen LogP contribution is -2.17. The number of aromatic nitrogens is 4. The maximum absolute atomic E-state index is 13.7. The van der Waals surface area contributed by atoms with Gasteiger partial charge < -0.3 is 19.3 Å². The zero-order valence-electron chi connectivity index (χ0n) is 25.4. The van der Waals surface area contributed by atoms with Crippen LogP contribution in [-0.4, -0.2) is 53.7 Å². The summed E-state index contributed by atoms with van der Waals surface area (Å²) in [4.78, 5) is 16.5. The third kappa shape index (κ3) is 6.59. The third-order valence-corrected chi connectivity index (χ3v) is 6.57. The molecule has 0 saturated carbocycles. The van der Waals surface area contributed by atoms with E-state index in [0.29, 0.717) is 0 Å². The number of aliphatic hydroxyl groups is 1. The average molecular weight is 556 g/mol. The molecule has 0 bridgehead atoms. The zero-order chi connectivity index (χ0) is 31.4. The van der Waals surface area contributed by atoms with E-state index < -0.39 is 29.5 Å². The molecule has 0 aliphatic carbocycles. The van der Waals surface area contributed by atoms with Gasteiger partial charge in [0.25, 0.3) is 15.9 Å². The number of anilines is 1. The number of aliphatic hydroxyl groups excluding tert-OH is 1. The van der Waals surface area contributed by atoms with E-state index in [1.54, 1.807) is 12.1 Å². The summed E-state index contributed by atoms with van der Waals surface area (Å²) in [5.74, 6) is -1.58. The SMILES string of the molecule is [2H]c1cc(C(C)(C)C)ccc1S(=O)(=O)Nc1nc(-c2ncccn2)nc(OCCO)c1Oc1ccccc1OC([2H])([2H])[2H]. The molecular formula is C27H29N5O6S. The maximum Gasteiger partial charge on any atom is 0.263 e. The van der Waals surface area contributed by atoms with Crippen LogP contribution in [0.3, 0.4) is 0 Å². The molecule has 0 atom stereocenters. The van der Waals surface area contributed by atoms with Crippen LogP contribution in [0, 0.1) is 0 Å². The van der Waals surface area contributed by atoms with Crippen LogP contribution in [0.1, 0.15) is 31.8 Å². The zero-order valence-corrected chi connectivity index (χ0v) is 22.2. The fraction of sp³-hybridized carbons (Fsp3) is 0.259. The molecule has 11 nitrogen and oxygen atoms in total. The summed E-state index contributed by atoms with van der Waals surface area (Å²) in [7, 11) is -7.30. The highest BCUT2D eigenvalue weighted by Crippen LogP contribution is 2.41. The highest BCUT2D eigenvalue weighted by molar-refractivity contribution is 7.92. The predicted molar refractivity (Wildman–Crippen MR) is 145 cm³/mol. The van der Waals surface area contributed by atoms with Crippen molar-refractivity contribution >= 4 is 15.8 Å². The molecule has 2 aromatic carbocycles. The van der Waals surface area contributed by atoms with Crippen LogP contribution in [0.5, 0.6) is 23.1 Å². The van der Waals surface area contributed by atoms with Gasteiger partial charge in [-0.25, -0.2) is 23.4 Å². The molecule has 2 heterocycles. The van der Waals surface area contributed by atoms with Crippen molar-refractivity contribution in [1.29, 1.82) is 0 Å². The molecule has 0 aliphatic rings. The molecule has 2 aromatic heterocycles. The number of sulfonamides is 1. The quantitative estimate of drug-likeness (QED) is 0.292. The molecule has 39 heavy (non-hydrogen) atoms. The van der Waals surface area contributed by atoms with E-state index in [0.717, 1.165) is 5.56 Å². The van der Waals surface area contributed by atoms with Crippen molar-refractivity contribution in [3.05, 3.63) is 72.5 Å². The van der Waals surface area contributed by atoms with E-state index in [2.05, 4.69) is 24.7 Å². The molecule has 0 unspecified atom stereocenters. The number of hydrogen-bond donors (Lipinski definition) is 2. The monoisotopic (exact) mass is 555 g/mol. The normalized spacial score (nSPS) is 13.4. The predicted octanol–water partition coefficient (Wildman–Crippen LogP) is 4.20. The van der Waals surface area contributed by atoms with E-state index in [1.807, 2.05) is 20.8 Å². The highest BCUT2D eigenvalue weighted by Gasteiger charge is 2.26. The van der Waals surface area contributed by atoms with E-state index >= 15 is 0 Å². The first-order valence-electron chi connectivity index (χ1n) is 13.7. The fourth-order valence-electron chi connectivity index (χ4n) is 3.30. The van der Waals surface area contributed by atoms with Gasteiger partial charge in [0.15, 0.2) is 23.1 Å². The van der Waals surface area contributed by atoms with Gasteiger partial charge in [0, 0.05) is 12.4 Å². The molecule has 0 fully saturated rings. The standard InChI is InChI=1S/C27H29N5O6S/c1-27(2,3)18-10-12-19(13-11-18)39(34,35)32-23-22(38-21-9-6-5-8-20(21)36-4)26(37-17-16-33)31-25(30-23)24-28-14-7-15-29-24/h5-15,33H,16-17H2,1-4H3,(H,30,31,32)/i4D3,12D. The van der Waals surface area contributed by atoms with Crippen LogP contribution < -0.4 is 18.9 Å². The molecule has 0 amide bonds. The lowest BCUT2D eigenvalue weighted by atomic mass is 9.87. The number of nitrogens with one attached hydrogen (secondary N) is 1. The summed E-state index contributed by atoms with van der Waals surface area (Å²) in [5.41, 5.74) is 0.434. The Hall–Kier alpha value is -4.29. The maximum atomic E-state index is 13.7. The molecule has 12 heteroatoms. The van der Waals surface area contributed by atoms with Gasteiger partial charge in [0.2, 0.25) is 11.6 Å². The van der Waals surface area contributed by atoms with Crippen molar-refractivity contribution in [1.82, 2.24) is 19.9 Å². The number of ether oxygens (including phenoxy) is 3. The minimum absolute atomic E-state index is 0.0187. The minimum atomic E-state index is -4.47. The van der Waals surface area contributed by atoms with E-state index in [-0.39, 0.29) is 57.7 Å². The number of para-hydroxylation sites is 2. The Morgan fingerprint density at radius 2 is 1.74 bits per heavy atom. The van der Waals surface area contributed by atoms with E-state index in [4.69, 9.17) is 19.7 Å². The second-order valence-electron chi connectivity index (χ2n) is 9.12. The largest absolute Gasteiger partial charge is 0.493 e. The van der Waals surface area contributed by atoms with Gasteiger partial charge in [0.1, 0.15) is 6.61 Å². The second-order valence-corrected chi connectivity index (χ2v) is 10.8. The molecule has 4 rings (SSSR count). The Bertz CT molecular complexity index is 1700. The summed E-state index contributed by atoms with van der Waals surface area (Å²) >= 11 is 0. The molecule has 2 N–H and O–H groups in total. The van der Waals surface area contributed by atoms with Gasteiger partial charge in [-0.15, -0.1) is 0 Å². The molecule has 0 radical (unpaired) electrons. The summed E-state index contributed by atoms with van der Waals surface area (Å²) in [6, 6.07) is 11.5. The molecule has 0 spiro atoms. The lowest BCUT2D eigenvalue weighted by molar-refractivity contribution is 0.192. The summed E-state index contributed by atoms with van der Waals surface area (Å²) in [6.45, 7) is 5.12. The molecule has 0 saturated heterocycles. The second kappa shape index (κ2) is 11.6. The number of hydrogen-bond acceptors (Lipinski definition) is 10. The Kier molecular flexibility index (Phi) is 6.76.